The van der Waals surface area contributed by atoms with E-state index in [4.69, 9.17) is 0 Å². The van der Waals surface area contributed by atoms with Crippen LogP contribution in [0.2, 0.25) is 0 Å². The number of amides is 1. The average Bonchev–Trinajstić information content (AvgIpc) is 2.92. The minimum Gasteiger partial charge on any atom is -0.348 e. The summed E-state index contributed by atoms with van der Waals surface area (Å²) in [6, 6.07) is 4.89. The molecule has 0 saturated carbocycles. The zero-order valence-electron chi connectivity index (χ0n) is 11.9. The number of carbonyl (C=O) groups excluding carboxylic acids is 1. The number of halogens is 1. The fraction of sp³-hybridized carbons (Fsp3) is 0.357. The third-order valence-electron chi connectivity index (χ3n) is 3.27. The Labute approximate surface area is 135 Å². The number of nitrogens with zero attached hydrogens (tertiary/aromatic N) is 2. The molecule has 1 atom stereocenters. The highest BCUT2D eigenvalue weighted by atomic mass is 32.2. The summed E-state index contributed by atoms with van der Waals surface area (Å²) in [7, 11) is 0. The summed E-state index contributed by atoms with van der Waals surface area (Å²) in [6.07, 6.45) is 0.803. The Morgan fingerprint density at radius 1 is 1.59 bits per heavy atom. The van der Waals surface area contributed by atoms with Crippen LogP contribution in [0, 0.1) is 12.7 Å². The Balaban J connectivity index is 1.62. The number of carbonyl (C=O) groups is 1. The van der Waals surface area contributed by atoms with E-state index in [1.807, 2.05) is 13.0 Å². The smallest absolute Gasteiger partial charge is 0.230 e. The van der Waals surface area contributed by atoms with Crippen LogP contribution >= 0.6 is 23.5 Å². The summed E-state index contributed by atoms with van der Waals surface area (Å²) in [5.41, 5.74) is 0.864. The number of rotatable bonds is 4. The Morgan fingerprint density at radius 3 is 3.23 bits per heavy atom. The fourth-order valence-electron chi connectivity index (χ4n) is 2.29. The number of nitrogens with one attached hydrogen (secondary N) is 2. The van der Waals surface area contributed by atoms with Crippen LogP contribution in [0.5, 0.6) is 0 Å². The first-order valence-corrected chi connectivity index (χ1v) is 8.83. The molecule has 0 bridgehead atoms. The Morgan fingerprint density at radius 2 is 2.45 bits per heavy atom. The zero-order chi connectivity index (χ0) is 15.5. The first kappa shape index (κ1) is 15.4. The van der Waals surface area contributed by atoms with Crippen molar-refractivity contribution in [2.45, 2.75) is 29.4 Å². The molecule has 2 aromatic rings. The van der Waals surface area contributed by atoms with E-state index in [2.05, 4.69) is 20.5 Å². The summed E-state index contributed by atoms with van der Waals surface area (Å²) in [4.78, 5) is 16.9. The number of thioether (sulfide) groups is 2. The molecule has 5 nitrogen and oxygen atoms in total. The highest BCUT2D eigenvalue weighted by Gasteiger charge is 2.24. The first-order chi connectivity index (χ1) is 10.6. The monoisotopic (exact) mass is 338 g/mol. The minimum absolute atomic E-state index is 0.0976. The van der Waals surface area contributed by atoms with Gasteiger partial charge in [0.05, 0.1) is 11.8 Å². The number of aromatic amines is 1. The maximum absolute atomic E-state index is 13.8. The van der Waals surface area contributed by atoms with E-state index < -0.39 is 0 Å². The molecule has 0 unspecified atom stereocenters. The van der Waals surface area contributed by atoms with E-state index >= 15 is 0 Å². The van der Waals surface area contributed by atoms with Crippen LogP contribution in [-0.2, 0) is 4.79 Å². The molecule has 0 radical (unpaired) electrons. The molecule has 1 aromatic carbocycles. The lowest BCUT2D eigenvalue weighted by molar-refractivity contribution is -0.119. The quantitative estimate of drug-likeness (QED) is 0.839. The molecule has 1 aromatic heterocycles. The second-order valence-electron chi connectivity index (χ2n) is 4.91. The van der Waals surface area contributed by atoms with Crippen molar-refractivity contribution in [1.29, 1.82) is 0 Å². The van der Waals surface area contributed by atoms with Crippen LogP contribution in [0.1, 0.15) is 23.9 Å². The number of aryl methyl sites for hydroxylation is 1. The number of hydrogen-bond acceptors (Lipinski definition) is 5. The van der Waals surface area contributed by atoms with Gasteiger partial charge in [-0.1, -0.05) is 23.9 Å². The summed E-state index contributed by atoms with van der Waals surface area (Å²) < 4.78 is 13.8. The summed E-state index contributed by atoms with van der Waals surface area (Å²) >= 11 is 2.78. The standard InChI is InChI=1S/C14H15FN4OS2/c1-8-16-14(19-18-8)22-7-12(20)17-11-5-6-21-13-9(11)3-2-4-10(13)15/h2-4,11H,5-7H2,1H3,(H,17,20)(H,16,18,19)/t11-/m0/s1. The van der Waals surface area contributed by atoms with Gasteiger partial charge in [0.1, 0.15) is 11.6 Å². The Kier molecular flexibility index (Phi) is 4.68. The highest BCUT2D eigenvalue weighted by molar-refractivity contribution is 7.99. The molecule has 0 fully saturated rings. The summed E-state index contributed by atoms with van der Waals surface area (Å²) in [5, 5.41) is 10.2. The first-order valence-electron chi connectivity index (χ1n) is 6.86. The molecule has 1 aliphatic heterocycles. The maximum atomic E-state index is 13.8. The molecule has 0 spiro atoms. The van der Waals surface area contributed by atoms with Crippen LogP contribution in [0.3, 0.4) is 0 Å². The molecule has 0 aliphatic carbocycles. The molecular weight excluding hydrogens is 323 g/mol. The van der Waals surface area contributed by atoms with Gasteiger partial charge in [-0.2, -0.15) is 0 Å². The predicted octanol–water partition coefficient (Wildman–Crippen LogP) is 2.70. The number of benzene rings is 1. The molecule has 3 rings (SSSR count). The Hall–Kier alpha value is -1.54. The lowest BCUT2D eigenvalue weighted by atomic mass is 10.0. The molecule has 22 heavy (non-hydrogen) atoms. The van der Waals surface area contributed by atoms with E-state index in [-0.39, 0.29) is 23.5 Å². The number of H-pyrrole nitrogens is 1. The van der Waals surface area contributed by atoms with E-state index in [1.54, 1.807) is 6.07 Å². The third-order valence-corrected chi connectivity index (χ3v) is 5.28. The third kappa shape index (κ3) is 3.44. The van der Waals surface area contributed by atoms with Crippen molar-refractivity contribution in [3.05, 3.63) is 35.4 Å². The van der Waals surface area contributed by atoms with Gasteiger partial charge in [0.15, 0.2) is 0 Å². The fourth-order valence-corrected chi connectivity index (χ4v) is 4.09. The van der Waals surface area contributed by atoms with E-state index in [1.165, 1.54) is 29.6 Å². The molecule has 1 amide bonds. The van der Waals surface area contributed by atoms with Crippen LogP contribution in [0.15, 0.2) is 28.3 Å². The molecule has 2 heterocycles. The van der Waals surface area contributed by atoms with Crippen molar-refractivity contribution in [3.8, 4) is 0 Å². The van der Waals surface area contributed by atoms with Crippen LogP contribution < -0.4 is 5.32 Å². The normalized spacial score (nSPS) is 17.1. The van der Waals surface area contributed by atoms with E-state index in [0.717, 1.165) is 23.6 Å². The minimum atomic E-state index is -0.216. The van der Waals surface area contributed by atoms with Gasteiger partial charge in [0.2, 0.25) is 11.1 Å². The zero-order valence-corrected chi connectivity index (χ0v) is 13.6. The van der Waals surface area contributed by atoms with Gasteiger partial charge in [-0.25, -0.2) is 9.37 Å². The topological polar surface area (TPSA) is 70.7 Å². The molecule has 0 saturated heterocycles. The SMILES string of the molecule is Cc1nc(SCC(=O)N[C@H]2CCSc3c(F)cccc32)n[nH]1. The van der Waals surface area contributed by atoms with Crippen LogP contribution in [0.4, 0.5) is 4.39 Å². The van der Waals surface area contributed by atoms with Gasteiger partial charge < -0.3 is 5.32 Å². The van der Waals surface area contributed by atoms with Gasteiger partial charge in [-0.15, -0.1) is 16.9 Å². The predicted molar refractivity (Wildman–Crippen MR) is 84.5 cm³/mol. The van der Waals surface area contributed by atoms with Gasteiger partial charge in [-0.05, 0) is 25.0 Å². The lowest BCUT2D eigenvalue weighted by Gasteiger charge is -2.26. The van der Waals surface area contributed by atoms with Crippen molar-refractivity contribution in [3.63, 3.8) is 0 Å². The maximum Gasteiger partial charge on any atom is 0.230 e. The number of hydrogen-bond donors (Lipinski definition) is 2. The van der Waals surface area contributed by atoms with Crippen molar-refractivity contribution >= 4 is 29.4 Å². The Bertz CT molecular complexity index is 691. The highest BCUT2D eigenvalue weighted by Crippen LogP contribution is 2.37. The van der Waals surface area contributed by atoms with E-state index in [9.17, 15) is 9.18 Å². The molecule has 2 N–H and O–H groups in total. The van der Waals surface area contributed by atoms with Gasteiger partial charge in [-0.3, -0.25) is 9.89 Å². The van der Waals surface area contributed by atoms with Crippen molar-refractivity contribution in [2.75, 3.05) is 11.5 Å². The second-order valence-corrected chi connectivity index (χ2v) is 6.96. The molecular formula is C14H15FN4OS2. The second kappa shape index (κ2) is 6.70. The summed E-state index contributed by atoms with van der Waals surface area (Å²) in [5.74, 6) is 1.45. The van der Waals surface area contributed by atoms with Gasteiger partial charge in [0, 0.05) is 10.6 Å². The summed E-state index contributed by atoms with van der Waals surface area (Å²) in [6.45, 7) is 1.81. The molecule has 8 heteroatoms. The van der Waals surface area contributed by atoms with Crippen LogP contribution in [0.25, 0.3) is 0 Å². The van der Waals surface area contributed by atoms with Crippen LogP contribution in [-0.4, -0.2) is 32.6 Å². The lowest BCUT2D eigenvalue weighted by Crippen LogP contribution is -2.32. The van der Waals surface area contributed by atoms with Crippen molar-refractivity contribution in [1.82, 2.24) is 20.5 Å². The van der Waals surface area contributed by atoms with E-state index in [0.29, 0.717) is 10.1 Å². The number of fused-ring (bicyclic) bond motifs is 1. The van der Waals surface area contributed by atoms with Gasteiger partial charge >= 0.3 is 0 Å². The average molecular weight is 338 g/mol. The molecule has 1 aliphatic rings. The molecule has 116 valence electrons. The largest absolute Gasteiger partial charge is 0.348 e. The van der Waals surface area contributed by atoms with Crippen molar-refractivity contribution < 1.29 is 9.18 Å². The van der Waals surface area contributed by atoms with Crippen molar-refractivity contribution in [2.24, 2.45) is 0 Å². The van der Waals surface area contributed by atoms with Gasteiger partial charge in [0.25, 0.3) is 0 Å². The number of aromatic nitrogens is 3.